The van der Waals surface area contributed by atoms with Crippen molar-refractivity contribution in [2.75, 3.05) is 33.3 Å². The number of methoxy groups -OCH3 is 1. The molecule has 0 aliphatic carbocycles. The van der Waals surface area contributed by atoms with E-state index >= 15 is 0 Å². The summed E-state index contributed by atoms with van der Waals surface area (Å²) in [5.41, 5.74) is 1.97. The van der Waals surface area contributed by atoms with Crippen molar-refractivity contribution < 1.29 is 4.74 Å². The van der Waals surface area contributed by atoms with Crippen LogP contribution < -0.4 is 10.1 Å². The van der Waals surface area contributed by atoms with Crippen LogP contribution in [0.5, 0.6) is 5.75 Å². The molecule has 2 aromatic carbocycles. The summed E-state index contributed by atoms with van der Waals surface area (Å²) in [6.07, 6.45) is 1.07. The smallest absolute Gasteiger partial charge is 0.124 e. The number of rotatable bonds is 4. The van der Waals surface area contributed by atoms with Crippen LogP contribution in [-0.4, -0.2) is 38.2 Å². The highest BCUT2D eigenvalue weighted by molar-refractivity contribution is 6.42. The molecule has 1 saturated heterocycles. The Bertz CT molecular complexity index is 731. The van der Waals surface area contributed by atoms with Crippen molar-refractivity contribution in [1.82, 2.24) is 10.2 Å². The van der Waals surface area contributed by atoms with Crippen molar-refractivity contribution in [3.8, 4) is 5.75 Å². The minimum absolute atomic E-state index is 0.0697. The van der Waals surface area contributed by atoms with Crippen molar-refractivity contribution in [1.29, 1.82) is 0 Å². The average Bonchev–Trinajstić information content (AvgIpc) is 2.88. The van der Waals surface area contributed by atoms with Gasteiger partial charge in [-0.1, -0.05) is 46.9 Å². The van der Waals surface area contributed by atoms with Gasteiger partial charge in [0.05, 0.1) is 23.2 Å². The topological polar surface area (TPSA) is 24.5 Å². The molecule has 3 rings (SSSR count). The van der Waals surface area contributed by atoms with Gasteiger partial charge < -0.3 is 10.1 Å². The van der Waals surface area contributed by atoms with Crippen molar-refractivity contribution in [2.24, 2.45) is 0 Å². The van der Waals surface area contributed by atoms with Crippen LogP contribution in [0.3, 0.4) is 0 Å². The third kappa shape index (κ3) is 4.24. The molecule has 1 unspecified atom stereocenters. The van der Waals surface area contributed by atoms with Gasteiger partial charge in [0, 0.05) is 30.2 Å². The number of hydrogen-bond donors (Lipinski definition) is 1. The summed E-state index contributed by atoms with van der Waals surface area (Å²) in [5.74, 6) is 0.794. The Morgan fingerprint density at radius 3 is 2.68 bits per heavy atom. The number of nitrogens with one attached hydrogen (secondary N) is 1. The van der Waals surface area contributed by atoms with E-state index in [9.17, 15) is 0 Å². The first-order chi connectivity index (χ1) is 12.1. The molecule has 0 radical (unpaired) electrons. The number of ether oxygens (including phenoxy) is 1. The van der Waals surface area contributed by atoms with Gasteiger partial charge in [-0.05, 0) is 42.8 Å². The Morgan fingerprint density at radius 2 is 1.88 bits per heavy atom. The van der Waals surface area contributed by atoms with E-state index in [0.717, 1.165) is 49.5 Å². The lowest BCUT2D eigenvalue weighted by atomic mass is 9.95. The van der Waals surface area contributed by atoms with E-state index in [2.05, 4.69) is 10.2 Å². The average molecular weight is 400 g/mol. The quantitative estimate of drug-likeness (QED) is 0.779. The van der Waals surface area contributed by atoms with Gasteiger partial charge in [0.15, 0.2) is 0 Å². The lowest BCUT2D eigenvalue weighted by Crippen LogP contribution is -2.33. The fourth-order valence-corrected chi connectivity index (χ4v) is 3.93. The molecule has 6 heteroatoms. The maximum atomic E-state index is 6.59. The van der Waals surface area contributed by atoms with E-state index in [4.69, 9.17) is 39.5 Å². The van der Waals surface area contributed by atoms with Crippen LogP contribution in [0.25, 0.3) is 0 Å². The van der Waals surface area contributed by atoms with Gasteiger partial charge in [0.25, 0.3) is 0 Å². The molecular formula is C19H21Cl3N2O. The monoisotopic (exact) mass is 398 g/mol. The molecule has 3 nitrogen and oxygen atoms in total. The molecule has 0 aromatic heterocycles. The van der Waals surface area contributed by atoms with Gasteiger partial charge in [-0.25, -0.2) is 0 Å². The molecule has 0 amide bonds. The minimum atomic E-state index is -0.0697. The van der Waals surface area contributed by atoms with Crippen molar-refractivity contribution in [2.45, 2.75) is 12.5 Å². The second-order valence-electron chi connectivity index (χ2n) is 6.07. The summed E-state index contributed by atoms with van der Waals surface area (Å²) >= 11 is 19.2. The van der Waals surface area contributed by atoms with Crippen molar-refractivity contribution in [3.05, 3.63) is 62.6 Å². The van der Waals surface area contributed by atoms with Gasteiger partial charge in [-0.15, -0.1) is 0 Å². The molecule has 25 heavy (non-hydrogen) atoms. The number of halogens is 3. The van der Waals surface area contributed by atoms with Gasteiger partial charge in [0.2, 0.25) is 0 Å². The molecule has 1 N–H and O–H groups in total. The van der Waals surface area contributed by atoms with Gasteiger partial charge in [-0.2, -0.15) is 0 Å². The number of benzene rings is 2. The first-order valence-electron chi connectivity index (χ1n) is 8.34. The zero-order chi connectivity index (χ0) is 17.8. The van der Waals surface area contributed by atoms with E-state index in [-0.39, 0.29) is 6.04 Å². The van der Waals surface area contributed by atoms with E-state index < -0.39 is 0 Å². The Labute approximate surface area is 163 Å². The Balaban J connectivity index is 2.15. The van der Waals surface area contributed by atoms with Crippen LogP contribution in [0, 0.1) is 0 Å². The third-order valence-electron chi connectivity index (χ3n) is 4.50. The lowest BCUT2D eigenvalue weighted by Gasteiger charge is -2.33. The second kappa shape index (κ2) is 8.61. The van der Waals surface area contributed by atoms with Crippen molar-refractivity contribution in [3.63, 3.8) is 0 Å². The predicted octanol–water partition coefficient (Wildman–Crippen LogP) is 5.04. The first kappa shape index (κ1) is 18.8. The SMILES string of the molecule is COc1ccc(Cl)cc1C(c1cccc(Cl)c1Cl)N1CCCNCC1. The molecule has 0 saturated carbocycles. The van der Waals surface area contributed by atoms with Crippen LogP contribution in [0.2, 0.25) is 15.1 Å². The van der Waals surface area contributed by atoms with Gasteiger partial charge >= 0.3 is 0 Å². The predicted molar refractivity (Wildman–Crippen MR) is 105 cm³/mol. The largest absolute Gasteiger partial charge is 0.496 e. The standard InChI is InChI=1S/C19H21Cl3N2O/c1-25-17-7-6-13(20)12-15(17)19(24-10-3-8-23-9-11-24)14-4-2-5-16(21)18(14)22/h2,4-7,12,19,23H,3,8-11H2,1H3. The number of hydrogen-bond acceptors (Lipinski definition) is 3. The third-order valence-corrected chi connectivity index (χ3v) is 5.57. The van der Waals surface area contributed by atoms with Crippen LogP contribution in [0.1, 0.15) is 23.6 Å². The Hall–Kier alpha value is -0.970. The zero-order valence-electron chi connectivity index (χ0n) is 14.1. The molecule has 1 aliphatic heterocycles. The van der Waals surface area contributed by atoms with Crippen LogP contribution in [0.15, 0.2) is 36.4 Å². The molecule has 0 bridgehead atoms. The summed E-state index contributed by atoms with van der Waals surface area (Å²) in [5, 5.41) is 5.25. The van der Waals surface area contributed by atoms with Gasteiger partial charge in [0.1, 0.15) is 5.75 Å². The zero-order valence-corrected chi connectivity index (χ0v) is 16.3. The summed E-state index contributed by atoms with van der Waals surface area (Å²) in [6, 6.07) is 11.4. The highest BCUT2D eigenvalue weighted by atomic mass is 35.5. The van der Waals surface area contributed by atoms with E-state index in [0.29, 0.717) is 15.1 Å². The molecule has 1 atom stereocenters. The highest BCUT2D eigenvalue weighted by Gasteiger charge is 2.28. The van der Waals surface area contributed by atoms with Crippen LogP contribution >= 0.6 is 34.8 Å². The second-order valence-corrected chi connectivity index (χ2v) is 7.29. The maximum absolute atomic E-state index is 6.59. The van der Waals surface area contributed by atoms with E-state index in [1.807, 2.05) is 36.4 Å². The molecule has 1 fully saturated rings. The minimum Gasteiger partial charge on any atom is -0.496 e. The summed E-state index contributed by atoms with van der Waals surface area (Å²) < 4.78 is 5.62. The van der Waals surface area contributed by atoms with Crippen molar-refractivity contribution >= 4 is 34.8 Å². The summed E-state index contributed by atoms with van der Waals surface area (Å²) in [6.45, 7) is 3.80. The molecule has 1 heterocycles. The maximum Gasteiger partial charge on any atom is 0.124 e. The Morgan fingerprint density at radius 1 is 1.04 bits per heavy atom. The molecule has 1 aliphatic rings. The molecule has 0 spiro atoms. The first-order valence-corrected chi connectivity index (χ1v) is 9.47. The van der Waals surface area contributed by atoms with E-state index in [1.165, 1.54) is 0 Å². The fraction of sp³-hybridized carbons (Fsp3) is 0.368. The molecule has 134 valence electrons. The van der Waals surface area contributed by atoms with Crippen LogP contribution in [-0.2, 0) is 0 Å². The van der Waals surface area contributed by atoms with Gasteiger partial charge in [-0.3, -0.25) is 4.90 Å². The van der Waals surface area contributed by atoms with E-state index in [1.54, 1.807) is 7.11 Å². The fourth-order valence-electron chi connectivity index (χ4n) is 3.34. The Kier molecular flexibility index (Phi) is 6.48. The number of nitrogens with zero attached hydrogens (tertiary/aromatic N) is 1. The van der Waals surface area contributed by atoms with Crippen LogP contribution in [0.4, 0.5) is 0 Å². The lowest BCUT2D eigenvalue weighted by molar-refractivity contribution is 0.236. The molecule has 2 aromatic rings. The highest BCUT2D eigenvalue weighted by Crippen LogP contribution is 2.41. The normalized spacial score (nSPS) is 17.1. The summed E-state index contributed by atoms with van der Waals surface area (Å²) in [4.78, 5) is 2.41. The summed E-state index contributed by atoms with van der Waals surface area (Å²) in [7, 11) is 1.67. The molecular weight excluding hydrogens is 379 g/mol.